The minimum atomic E-state index is -0.116. The molecule has 0 atom stereocenters. The number of H-pyrrole nitrogens is 1. The summed E-state index contributed by atoms with van der Waals surface area (Å²) in [7, 11) is 1.75. The third kappa shape index (κ3) is 3.40. The Balaban J connectivity index is 1.83. The zero-order valence-corrected chi connectivity index (χ0v) is 13.3. The Kier molecular flexibility index (Phi) is 4.39. The molecule has 0 aliphatic carbocycles. The van der Waals surface area contributed by atoms with E-state index in [9.17, 15) is 4.79 Å². The zero-order valence-electron chi connectivity index (χ0n) is 12.5. The summed E-state index contributed by atoms with van der Waals surface area (Å²) < 4.78 is 0. The highest BCUT2D eigenvalue weighted by molar-refractivity contribution is 6.30. The lowest BCUT2D eigenvalue weighted by Gasteiger charge is -2.16. The van der Waals surface area contributed by atoms with E-state index in [1.807, 2.05) is 30.3 Å². The third-order valence-corrected chi connectivity index (χ3v) is 3.73. The maximum atomic E-state index is 12.7. The van der Waals surface area contributed by atoms with Crippen molar-refractivity contribution >= 4 is 17.5 Å². The number of aromatic amines is 1. The molecule has 0 saturated carbocycles. The molecule has 0 saturated heterocycles. The number of halogens is 1. The van der Waals surface area contributed by atoms with Crippen molar-refractivity contribution in [1.29, 1.82) is 0 Å². The van der Waals surface area contributed by atoms with Crippen LogP contribution in [0.3, 0.4) is 0 Å². The largest absolute Gasteiger partial charge is 0.336 e. The van der Waals surface area contributed by atoms with Crippen molar-refractivity contribution in [2.45, 2.75) is 6.54 Å². The molecule has 1 N–H and O–H groups in total. The van der Waals surface area contributed by atoms with Crippen LogP contribution in [-0.4, -0.2) is 33.0 Å². The fraction of sp³-hybridized carbons (Fsp3) is 0.118. The number of hydrogen-bond donors (Lipinski definition) is 1. The summed E-state index contributed by atoms with van der Waals surface area (Å²) in [6, 6.07) is 12.9. The molecule has 0 fully saturated rings. The predicted molar refractivity (Wildman–Crippen MR) is 89.1 cm³/mol. The van der Waals surface area contributed by atoms with Gasteiger partial charge in [-0.3, -0.25) is 14.9 Å². The number of carbonyl (C=O) groups excluding carboxylic acids is 1. The highest BCUT2D eigenvalue weighted by Gasteiger charge is 2.19. The molecule has 5 nitrogen and oxygen atoms in total. The van der Waals surface area contributed by atoms with Crippen molar-refractivity contribution < 1.29 is 4.79 Å². The Morgan fingerprint density at radius 1 is 1.22 bits per heavy atom. The highest BCUT2D eigenvalue weighted by Crippen LogP contribution is 2.24. The quantitative estimate of drug-likeness (QED) is 0.799. The van der Waals surface area contributed by atoms with E-state index in [1.54, 1.807) is 36.5 Å². The maximum Gasteiger partial charge on any atom is 0.257 e. The van der Waals surface area contributed by atoms with E-state index in [0.717, 1.165) is 11.3 Å². The molecule has 116 valence electrons. The molecule has 3 aromatic rings. The molecule has 0 radical (unpaired) electrons. The van der Waals surface area contributed by atoms with Gasteiger partial charge in [-0.25, -0.2) is 0 Å². The van der Waals surface area contributed by atoms with Gasteiger partial charge in [0.2, 0.25) is 0 Å². The van der Waals surface area contributed by atoms with E-state index < -0.39 is 0 Å². The lowest BCUT2D eigenvalue weighted by atomic mass is 10.1. The summed E-state index contributed by atoms with van der Waals surface area (Å²) in [5, 5.41) is 7.54. The number of aromatic nitrogens is 3. The van der Waals surface area contributed by atoms with Gasteiger partial charge in [0.15, 0.2) is 0 Å². The van der Waals surface area contributed by atoms with Gasteiger partial charge in [-0.05, 0) is 24.3 Å². The second-order valence-electron chi connectivity index (χ2n) is 5.15. The Bertz CT molecular complexity index is 799. The van der Waals surface area contributed by atoms with Crippen LogP contribution in [0.5, 0.6) is 0 Å². The first-order chi connectivity index (χ1) is 11.1. The maximum absolute atomic E-state index is 12.7. The standard InChI is InChI=1S/C17H15ClN4O/c1-22(11-14-4-2-3-9-19-14)17(23)15-10-20-21-16(15)12-5-7-13(18)8-6-12/h2-10H,11H2,1H3,(H,20,21). The van der Waals surface area contributed by atoms with Gasteiger partial charge >= 0.3 is 0 Å². The average molecular weight is 327 g/mol. The number of nitrogens with zero attached hydrogens (tertiary/aromatic N) is 3. The second kappa shape index (κ2) is 6.62. The van der Waals surface area contributed by atoms with Gasteiger partial charge in [0.05, 0.1) is 29.7 Å². The molecule has 0 aliphatic heterocycles. The van der Waals surface area contributed by atoms with Gasteiger partial charge in [-0.1, -0.05) is 29.8 Å². The topological polar surface area (TPSA) is 61.9 Å². The van der Waals surface area contributed by atoms with Crippen molar-refractivity contribution in [2.24, 2.45) is 0 Å². The SMILES string of the molecule is CN(Cc1ccccn1)C(=O)c1cn[nH]c1-c1ccc(Cl)cc1. The summed E-state index contributed by atoms with van der Waals surface area (Å²) >= 11 is 5.91. The average Bonchev–Trinajstić information content (AvgIpc) is 3.05. The molecule has 0 unspecified atom stereocenters. The lowest BCUT2D eigenvalue weighted by Crippen LogP contribution is -2.26. The number of benzene rings is 1. The van der Waals surface area contributed by atoms with E-state index in [2.05, 4.69) is 15.2 Å². The van der Waals surface area contributed by atoms with Crippen molar-refractivity contribution in [3.8, 4) is 11.3 Å². The fourth-order valence-electron chi connectivity index (χ4n) is 2.30. The summed E-state index contributed by atoms with van der Waals surface area (Å²) in [5.74, 6) is -0.116. The summed E-state index contributed by atoms with van der Waals surface area (Å²) in [4.78, 5) is 18.5. The molecule has 3 rings (SSSR count). The van der Waals surface area contributed by atoms with Crippen LogP contribution in [0.1, 0.15) is 16.1 Å². The molecule has 6 heteroatoms. The molecule has 23 heavy (non-hydrogen) atoms. The molecular weight excluding hydrogens is 312 g/mol. The van der Waals surface area contributed by atoms with Crippen LogP contribution < -0.4 is 0 Å². The van der Waals surface area contributed by atoms with Crippen LogP contribution in [-0.2, 0) is 6.54 Å². The second-order valence-corrected chi connectivity index (χ2v) is 5.58. The molecule has 1 aromatic carbocycles. The normalized spacial score (nSPS) is 10.5. The summed E-state index contributed by atoms with van der Waals surface area (Å²) in [5.41, 5.74) is 2.90. The Morgan fingerprint density at radius 3 is 2.70 bits per heavy atom. The molecule has 1 amide bonds. The van der Waals surface area contributed by atoms with Crippen LogP contribution in [0.25, 0.3) is 11.3 Å². The Hall–Kier alpha value is -2.66. The van der Waals surface area contributed by atoms with Gasteiger partial charge in [0.1, 0.15) is 0 Å². The molecule has 0 aliphatic rings. The van der Waals surface area contributed by atoms with E-state index in [0.29, 0.717) is 22.8 Å². The van der Waals surface area contributed by atoms with Crippen LogP contribution in [0.2, 0.25) is 5.02 Å². The minimum Gasteiger partial charge on any atom is -0.336 e. The Morgan fingerprint density at radius 2 is 2.00 bits per heavy atom. The lowest BCUT2D eigenvalue weighted by molar-refractivity contribution is 0.0784. The van der Waals surface area contributed by atoms with E-state index >= 15 is 0 Å². The number of rotatable bonds is 4. The number of nitrogens with one attached hydrogen (secondary N) is 1. The van der Waals surface area contributed by atoms with E-state index in [-0.39, 0.29) is 5.91 Å². The van der Waals surface area contributed by atoms with Gasteiger partial charge in [-0.2, -0.15) is 5.10 Å². The summed E-state index contributed by atoms with van der Waals surface area (Å²) in [6.07, 6.45) is 3.26. The van der Waals surface area contributed by atoms with Crippen molar-refractivity contribution in [2.75, 3.05) is 7.05 Å². The fourth-order valence-corrected chi connectivity index (χ4v) is 2.42. The van der Waals surface area contributed by atoms with Gasteiger partial charge in [0, 0.05) is 23.8 Å². The molecule has 0 bridgehead atoms. The van der Waals surface area contributed by atoms with Crippen LogP contribution >= 0.6 is 11.6 Å². The van der Waals surface area contributed by atoms with Crippen LogP contribution in [0.4, 0.5) is 0 Å². The number of amides is 1. The molecule has 2 aromatic heterocycles. The number of carbonyl (C=O) groups is 1. The van der Waals surface area contributed by atoms with Crippen molar-refractivity contribution in [3.63, 3.8) is 0 Å². The molecule has 2 heterocycles. The highest BCUT2D eigenvalue weighted by atomic mass is 35.5. The van der Waals surface area contributed by atoms with Gasteiger partial charge in [-0.15, -0.1) is 0 Å². The number of hydrogen-bond acceptors (Lipinski definition) is 3. The Labute approximate surface area is 138 Å². The van der Waals surface area contributed by atoms with Crippen LogP contribution in [0, 0.1) is 0 Å². The first-order valence-corrected chi connectivity index (χ1v) is 7.47. The first-order valence-electron chi connectivity index (χ1n) is 7.10. The van der Waals surface area contributed by atoms with E-state index in [1.165, 1.54) is 0 Å². The molecular formula is C17H15ClN4O. The first kappa shape index (κ1) is 15.2. The van der Waals surface area contributed by atoms with Crippen molar-refractivity contribution in [3.05, 3.63) is 71.1 Å². The molecule has 0 spiro atoms. The van der Waals surface area contributed by atoms with Gasteiger partial charge in [0.25, 0.3) is 5.91 Å². The van der Waals surface area contributed by atoms with Crippen LogP contribution in [0.15, 0.2) is 54.9 Å². The van der Waals surface area contributed by atoms with Gasteiger partial charge < -0.3 is 4.90 Å². The third-order valence-electron chi connectivity index (χ3n) is 3.47. The number of pyridine rings is 1. The van der Waals surface area contributed by atoms with Crippen molar-refractivity contribution in [1.82, 2.24) is 20.1 Å². The predicted octanol–water partition coefficient (Wildman–Crippen LogP) is 3.40. The smallest absolute Gasteiger partial charge is 0.257 e. The minimum absolute atomic E-state index is 0.116. The van der Waals surface area contributed by atoms with E-state index in [4.69, 9.17) is 11.6 Å². The monoisotopic (exact) mass is 326 g/mol. The zero-order chi connectivity index (χ0) is 16.2. The summed E-state index contributed by atoms with van der Waals surface area (Å²) in [6.45, 7) is 0.435.